The SMILES string of the molecule is CC1CC(=O)CC(C)(C)C1C. The van der Waals surface area contributed by atoms with Crippen LogP contribution in [0.2, 0.25) is 0 Å². The molecule has 0 amide bonds. The van der Waals surface area contributed by atoms with Crippen LogP contribution in [0.5, 0.6) is 0 Å². The Morgan fingerprint density at radius 3 is 2.36 bits per heavy atom. The summed E-state index contributed by atoms with van der Waals surface area (Å²) >= 11 is 0. The monoisotopic (exact) mass is 154 g/mol. The maximum Gasteiger partial charge on any atom is 0.133 e. The largest absolute Gasteiger partial charge is 0.300 e. The van der Waals surface area contributed by atoms with Crippen molar-refractivity contribution >= 4 is 5.78 Å². The van der Waals surface area contributed by atoms with Gasteiger partial charge >= 0.3 is 0 Å². The lowest BCUT2D eigenvalue weighted by Crippen LogP contribution is -2.35. The number of rotatable bonds is 0. The highest BCUT2D eigenvalue weighted by atomic mass is 16.1. The van der Waals surface area contributed by atoms with Crippen molar-refractivity contribution in [2.45, 2.75) is 40.5 Å². The summed E-state index contributed by atoms with van der Waals surface area (Å²) in [6, 6.07) is 0. The molecule has 0 N–H and O–H groups in total. The van der Waals surface area contributed by atoms with Crippen LogP contribution in [0.4, 0.5) is 0 Å². The molecule has 2 unspecified atom stereocenters. The number of hydrogen-bond donors (Lipinski definition) is 0. The Hall–Kier alpha value is -0.330. The average molecular weight is 154 g/mol. The molecule has 0 aromatic carbocycles. The van der Waals surface area contributed by atoms with Crippen molar-refractivity contribution < 1.29 is 4.79 Å². The van der Waals surface area contributed by atoms with Gasteiger partial charge in [-0.2, -0.15) is 0 Å². The first-order chi connectivity index (χ1) is 4.93. The smallest absolute Gasteiger partial charge is 0.133 e. The van der Waals surface area contributed by atoms with Gasteiger partial charge in [0.05, 0.1) is 0 Å². The molecule has 1 fully saturated rings. The molecule has 0 aliphatic heterocycles. The van der Waals surface area contributed by atoms with Gasteiger partial charge in [0.25, 0.3) is 0 Å². The normalized spacial score (nSPS) is 37.3. The van der Waals surface area contributed by atoms with E-state index in [9.17, 15) is 4.79 Å². The van der Waals surface area contributed by atoms with E-state index in [-0.39, 0.29) is 5.41 Å². The molecule has 1 aliphatic carbocycles. The van der Waals surface area contributed by atoms with Crippen molar-refractivity contribution in [1.82, 2.24) is 0 Å². The lowest BCUT2D eigenvalue weighted by atomic mass is 9.65. The topological polar surface area (TPSA) is 17.1 Å². The summed E-state index contributed by atoms with van der Waals surface area (Å²) in [4.78, 5) is 11.2. The Bertz CT molecular complexity index is 170. The van der Waals surface area contributed by atoms with Crippen LogP contribution in [-0.2, 0) is 4.79 Å². The molecule has 1 saturated carbocycles. The summed E-state index contributed by atoms with van der Waals surface area (Å²) in [7, 11) is 0. The maximum atomic E-state index is 11.2. The van der Waals surface area contributed by atoms with Crippen molar-refractivity contribution in [3.63, 3.8) is 0 Å². The third-order valence-electron chi connectivity index (χ3n) is 3.29. The molecule has 0 bridgehead atoms. The summed E-state index contributed by atoms with van der Waals surface area (Å²) < 4.78 is 0. The fourth-order valence-corrected chi connectivity index (χ4v) is 2.05. The van der Waals surface area contributed by atoms with E-state index in [1.807, 2.05) is 0 Å². The molecule has 1 nitrogen and oxygen atoms in total. The molecule has 0 aromatic rings. The molecule has 0 saturated heterocycles. The van der Waals surface area contributed by atoms with Gasteiger partial charge in [0.15, 0.2) is 0 Å². The molecule has 1 rings (SSSR count). The van der Waals surface area contributed by atoms with E-state index in [0.717, 1.165) is 12.8 Å². The van der Waals surface area contributed by atoms with Crippen molar-refractivity contribution in [3.05, 3.63) is 0 Å². The first-order valence-electron chi connectivity index (χ1n) is 4.45. The zero-order valence-corrected chi connectivity index (χ0v) is 7.98. The molecule has 0 spiro atoms. The third kappa shape index (κ3) is 1.63. The van der Waals surface area contributed by atoms with Crippen LogP contribution in [0.25, 0.3) is 0 Å². The fraction of sp³-hybridized carbons (Fsp3) is 0.900. The highest BCUT2D eigenvalue weighted by molar-refractivity contribution is 5.80. The fourth-order valence-electron chi connectivity index (χ4n) is 2.05. The first kappa shape index (κ1) is 8.76. The minimum Gasteiger partial charge on any atom is -0.300 e. The zero-order chi connectivity index (χ0) is 8.65. The quantitative estimate of drug-likeness (QED) is 0.524. The van der Waals surface area contributed by atoms with Crippen LogP contribution in [-0.4, -0.2) is 5.78 Å². The third-order valence-corrected chi connectivity index (χ3v) is 3.29. The standard InChI is InChI=1S/C10H18O/c1-7-5-9(11)6-10(3,4)8(7)2/h7-8H,5-6H2,1-4H3. The van der Waals surface area contributed by atoms with Gasteiger partial charge in [0.2, 0.25) is 0 Å². The van der Waals surface area contributed by atoms with E-state index < -0.39 is 0 Å². The van der Waals surface area contributed by atoms with Crippen molar-refractivity contribution in [2.75, 3.05) is 0 Å². The van der Waals surface area contributed by atoms with Gasteiger partial charge < -0.3 is 0 Å². The summed E-state index contributed by atoms with van der Waals surface area (Å²) in [5.41, 5.74) is 0.231. The highest BCUT2D eigenvalue weighted by Crippen LogP contribution is 2.41. The molecule has 11 heavy (non-hydrogen) atoms. The molecule has 1 heteroatoms. The van der Waals surface area contributed by atoms with Gasteiger partial charge in [-0.05, 0) is 17.3 Å². The van der Waals surface area contributed by atoms with E-state index in [4.69, 9.17) is 0 Å². The Morgan fingerprint density at radius 1 is 1.36 bits per heavy atom. The Kier molecular flexibility index (Phi) is 2.08. The zero-order valence-electron chi connectivity index (χ0n) is 7.98. The molecule has 0 radical (unpaired) electrons. The van der Waals surface area contributed by atoms with Crippen LogP contribution in [0.15, 0.2) is 0 Å². The summed E-state index contributed by atoms with van der Waals surface area (Å²) in [6.07, 6.45) is 1.57. The Labute approximate surface area is 69.2 Å². The van der Waals surface area contributed by atoms with Crippen LogP contribution in [0.1, 0.15) is 40.5 Å². The number of carbonyl (C=O) groups is 1. The highest BCUT2D eigenvalue weighted by Gasteiger charge is 2.37. The molecule has 2 atom stereocenters. The number of Topliss-reactive ketones (excluding diaryl/α,β-unsaturated/α-hetero) is 1. The second-order valence-electron chi connectivity index (χ2n) is 4.67. The number of hydrogen-bond acceptors (Lipinski definition) is 1. The number of carbonyl (C=O) groups excluding carboxylic acids is 1. The molecule has 0 heterocycles. The van der Waals surface area contributed by atoms with Crippen LogP contribution in [0.3, 0.4) is 0 Å². The van der Waals surface area contributed by atoms with Crippen LogP contribution in [0, 0.1) is 17.3 Å². The van der Waals surface area contributed by atoms with Crippen molar-refractivity contribution in [3.8, 4) is 0 Å². The van der Waals surface area contributed by atoms with Gasteiger partial charge in [-0.25, -0.2) is 0 Å². The second-order valence-corrected chi connectivity index (χ2v) is 4.67. The molecular weight excluding hydrogens is 136 g/mol. The Morgan fingerprint density at radius 2 is 1.91 bits per heavy atom. The first-order valence-corrected chi connectivity index (χ1v) is 4.45. The van der Waals surface area contributed by atoms with E-state index >= 15 is 0 Å². The van der Waals surface area contributed by atoms with E-state index in [0.29, 0.717) is 17.6 Å². The Balaban J connectivity index is 2.75. The van der Waals surface area contributed by atoms with E-state index in [1.165, 1.54) is 0 Å². The molecular formula is C10H18O. The van der Waals surface area contributed by atoms with E-state index in [2.05, 4.69) is 27.7 Å². The molecule has 64 valence electrons. The lowest BCUT2D eigenvalue weighted by molar-refractivity contribution is -0.126. The second kappa shape index (κ2) is 2.62. The lowest BCUT2D eigenvalue weighted by Gasteiger charge is -2.39. The van der Waals surface area contributed by atoms with Gasteiger partial charge in [-0.3, -0.25) is 4.79 Å². The van der Waals surface area contributed by atoms with Crippen molar-refractivity contribution in [1.29, 1.82) is 0 Å². The number of ketones is 1. The predicted octanol–water partition coefficient (Wildman–Crippen LogP) is 2.65. The van der Waals surface area contributed by atoms with Gasteiger partial charge in [-0.1, -0.05) is 27.7 Å². The van der Waals surface area contributed by atoms with Crippen LogP contribution >= 0.6 is 0 Å². The van der Waals surface area contributed by atoms with E-state index in [1.54, 1.807) is 0 Å². The average Bonchev–Trinajstić information content (AvgIpc) is 1.81. The minimum atomic E-state index is 0.231. The van der Waals surface area contributed by atoms with Crippen molar-refractivity contribution in [2.24, 2.45) is 17.3 Å². The van der Waals surface area contributed by atoms with Gasteiger partial charge in [0, 0.05) is 12.8 Å². The molecule has 1 aliphatic rings. The predicted molar refractivity (Wildman–Crippen MR) is 46.4 cm³/mol. The summed E-state index contributed by atoms with van der Waals surface area (Å²) in [6.45, 7) is 8.84. The molecule has 0 aromatic heterocycles. The van der Waals surface area contributed by atoms with Gasteiger partial charge in [0.1, 0.15) is 5.78 Å². The summed E-state index contributed by atoms with van der Waals surface area (Å²) in [5.74, 6) is 1.70. The maximum absolute atomic E-state index is 11.2. The summed E-state index contributed by atoms with van der Waals surface area (Å²) in [5, 5.41) is 0. The van der Waals surface area contributed by atoms with Crippen LogP contribution < -0.4 is 0 Å². The van der Waals surface area contributed by atoms with Gasteiger partial charge in [-0.15, -0.1) is 0 Å². The minimum absolute atomic E-state index is 0.231.